The molecule has 6 heteroatoms. The summed E-state index contributed by atoms with van der Waals surface area (Å²) in [5.41, 5.74) is 3.67. The van der Waals surface area contributed by atoms with Crippen LogP contribution in [-0.2, 0) is 28.9 Å². The minimum atomic E-state index is 0.139. The first-order valence-corrected chi connectivity index (χ1v) is 9.66. The number of guanidine groups is 1. The van der Waals surface area contributed by atoms with Crippen molar-refractivity contribution in [3.8, 4) is 5.75 Å². The monoisotopic (exact) mass is 361 g/mol. The van der Waals surface area contributed by atoms with E-state index in [1.165, 1.54) is 24.0 Å². The predicted octanol–water partition coefficient (Wildman–Crippen LogP) is 2.13. The van der Waals surface area contributed by atoms with Crippen molar-refractivity contribution in [2.75, 3.05) is 26.9 Å². The maximum Gasteiger partial charge on any atom is 0.191 e. The van der Waals surface area contributed by atoms with Gasteiger partial charge in [-0.25, -0.2) is 0 Å². The summed E-state index contributed by atoms with van der Waals surface area (Å²) in [6.07, 6.45) is 5.75. The van der Waals surface area contributed by atoms with Crippen LogP contribution >= 0.6 is 0 Å². The molecule has 2 atom stereocenters. The molecule has 144 valence electrons. The van der Waals surface area contributed by atoms with Crippen molar-refractivity contribution in [2.24, 2.45) is 4.99 Å². The molecule has 0 aromatic heterocycles. The highest BCUT2D eigenvalue weighted by molar-refractivity contribution is 5.80. The van der Waals surface area contributed by atoms with Gasteiger partial charge in [0.2, 0.25) is 0 Å². The maximum absolute atomic E-state index is 10.3. The Balaban J connectivity index is 1.52. The van der Waals surface area contributed by atoms with Gasteiger partial charge in [-0.1, -0.05) is 6.07 Å². The Morgan fingerprint density at radius 3 is 3.00 bits per heavy atom. The van der Waals surface area contributed by atoms with Gasteiger partial charge in [0, 0.05) is 31.8 Å². The number of aromatic hydroxyl groups is 1. The molecular weight excluding hydrogens is 330 g/mol. The van der Waals surface area contributed by atoms with Gasteiger partial charge in [0.1, 0.15) is 5.75 Å². The molecule has 3 rings (SSSR count). The van der Waals surface area contributed by atoms with Crippen molar-refractivity contribution >= 4 is 5.96 Å². The highest BCUT2D eigenvalue weighted by Gasteiger charge is 2.18. The number of nitrogens with one attached hydrogen (secondary N) is 2. The zero-order valence-electron chi connectivity index (χ0n) is 15.9. The highest BCUT2D eigenvalue weighted by atomic mass is 16.5. The summed E-state index contributed by atoms with van der Waals surface area (Å²) < 4.78 is 11.2. The largest absolute Gasteiger partial charge is 0.508 e. The molecule has 0 saturated carbocycles. The Bertz CT molecular complexity index is 627. The van der Waals surface area contributed by atoms with E-state index < -0.39 is 0 Å². The van der Waals surface area contributed by atoms with Crippen molar-refractivity contribution in [3.05, 3.63) is 28.8 Å². The molecule has 1 aromatic rings. The van der Waals surface area contributed by atoms with Crippen LogP contribution in [0.1, 0.15) is 42.9 Å². The molecule has 0 radical (unpaired) electrons. The zero-order valence-corrected chi connectivity index (χ0v) is 15.9. The lowest BCUT2D eigenvalue weighted by molar-refractivity contribution is 0.0347. The second-order valence-corrected chi connectivity index (χ2v) is 7.20. The third kappa shape index (κ3) is 4.89. The van der Waals surface area contributed by atoms with Crippen LogP contribution in [0.5, 0.6) is 5.75 Å². The van der Waals surface area contributed by atoms with Gasteiger partial charge in [-0.15, -0.1) is 0 Å². The molecule has 0 bridgehead atoms. The quantitative estimate of drug-likeness (QED) is 0.535. The van der Waals surface area contributed by atoms with Crippen LogP contribution in [0.4, 0.5) is 0 Å². The van der Waals surface area contributed by atoms with Crippen LogP contribution in [-0.4, -0.2) is 50.1 Å². The number of aryl methyl sites for hydroxylation is 1. The number of phenolic OH excluding ortho intramolecular Hbond substituents is 1. The molecule has 2 unspecified atom stereocenters. The van der Waals surface area contributed by atoms with Gasteiger partial charge in [0.15, 0.2) is 5.96 Å². The van der Waals surface area contributed by atoms with E-state index >= 15 is 0 Å². The molecule has 0 amide bonds. The SMILES string of the molecule is CN=C(NCc1c(O)ccc2c1CCCC2)NC(C)COC1CCOC1. The number of hydrogen-bond donors (Lipinski definition) is 3. The average Bonchev–Trinajstić information content (AvgIpc) is 3.18. The van der Waals surface area contributed by atoms with E-state index in [-0.39, 0.29) is 12.1 Å². The minimum absolute atomic E-state index is 0.139. The smallest absolute Gasteiger partial charge is 0.191 e. The molecule has 1 heterocycles. The lowest BCUT2D eigenvalue weighted by Gasteiger charge is -2.23. The van der Waals surface area contributed by atoms with Gasteiger partial charge in [0.05, 0.1) is 19.3 Å². The van der Waals surface area contributed by atoms with E-state index in [1.54, 1.807) is 7.05 Å². The lowest BCUT2D eigenvalue weighted by Crippen LogP contribution is -2.44. The zero-order chi connectivity index (χ0) is 18.4. The Morgan fingerprint density at radius 1 is 1.38 bits per heavy atom. The fourth-order valence-electron chi connectivity index (χ4n) is 3.66. The van der Waals surface area contributed by atoms with E-state index in [4.69, 9.17) is 9.47 Å². The molecule has 3 N–H and O–H groups in total. The number of rotatable bonds is 6. The number of phenols is 1. The van der Waals surface area contributed by atoms with Crippen molar-refractivity contribution < 1.29 is 14.6 Å². The fourth-order valence-corrected chi connectivity index (χ4v) is 3.66. The van der Waals surface area contributed by atoms with Gasteiger partial charge in [-0.05, 0) is 56.2 Å². The van der Waals surface area contributed by atoms with Crippen molar-refractivity contribution in [3.63, 3.8) is 0 Å². The molecule has 1 aromatic carbocycles. The Hall–Kier alpha value is -1.79. The van der Waals surface area contributed by atoms with Crippen molar-refractivity contribution in [1.29, 1.82) is 0 Å². The van der Waals surface area contributed by atoms with Crippen molar-refractivity contribution in [2.45, 2.75) is 57.7 Å². The average molecular weight is 361 g/mol. The molecular formula is C20H31N3O3. The predicted molar refractivity (Wildman–Crippen MR) is 103 cm³/mol. The molecule has 6 nitrogen and oxygen atoms in total. The summed E-state index contributed by atoms with van der Waals surface area (Å²) in [5.74, 6) is 1.09. The standard InChI is InChI=1S/C20H31N3O3/c1-14(12-26-16-9-10-25-13-16)23-20(21-2)22-11-18-17-6-4-3-5-15(17)7-8-19(18)24/h7-8,14,16,24H,3-6,9-13H2,1-2H3,(H2,21,22,23). The lowest BCUT2D eigenvalue weighted by atomic mass is 9.88. The van der Waals surface area contributed by atoms with Crippen LogP contribution < -0.4 is 10.6 Å². The molecule has 1 fully saturated rings. The van der Waals surface area contributed by atoms with Gasteiger partial charge in [0.25, 0.3) is 0 Å². The van der Waals surface area contributed by atoms with Crippen LogP contribution in [0.25, 0.3) is 0 Å². The number of ether oxygens (including phenoxy) is 2. The van der Waals surface area contributed by atoms with E-state index in [1.807, 2.05) is 6.07 Å². The van der Waals surface area contributed by atoms with Gasteiger partial charge in [-0.3, -0.25) is 4.99 Å². The first kappa shape index (κ1) is 19.0. The Morgan fingerprint density at radius 2 is 2.23 bits per heavy atom. The Kier molecular flexibility index (Phi) is 6.74. The fraction of sp³-hybridized carbons (Fsp3) is 0.650. The molecule has 2 aliphatic rings. The first-order chi connectivity index (χ1) is 12.7. The highest BCUT2D eigenvalue weighted by Crippen LogP contribution is 2.30. The van der Waals surface area contributed by atoms with Crippen LogP contribution in [0.15, 0.2) is 17.1 Å². The molecule has 0 spiro atoms. The van der Waals surface area contributed by atoms with Crippen LogP contribution in [0.3, 0.4) is 0 Å². The van der Waals surface area contributed by atoms with E-state index in [2.05, 4.69) is 28.6 Å². The summed E-state index contributed by atoms with van der Waals surface area (Å²) >= 11 is 0. The summed E-state index contributed by atoms with van der Waals surface area (Å²) in [6, 6.07) is 4.02. The number of fused-ring (bicyclic) bond motifs is 1. The van der Waals surface area contributed by atoms with Crippen LogP contribution in [0, 0.1) is 0 Å². The third-order valence-electron chi connectivity index (χ3n) is 5.14. The Labute approximate surface area is 156 Å². The third-order valence-corrected chi connectivity index (χ3v) is 5.14. The van der Waals surface area contributed by atoms with Gasteiger partial charge < -0.3 is 25.2 Å². The molecule has 1 aliphatic carbocycles. The van der Waals surface area contributed by atoms with Gasteiger partial charge >= 0.3 is 0 Å². The molecule has 1 saturated heterocycles. The number of nitrogens with zero attached hydrogens (tertiary/aromatic N) is 1. The second-order valence-electron chi connectivity index (χ2n) is 7.20. The number of benzene rings is 1. The van der Waals surface area contributed by atoms with Crippen molar-refractivity contribution in [1.82, 2.24) is 10.6 Å². The normalized spacial score (nSPS) is 21.3. The number of aliphatic imine (C=N–C) groups is 1. The van der Waals surface area contributed by atoms with Crippen LogP contribution in [0.2, 0.25) is 0 Å². The molecule has 26 heavy (non-hydrogen) atoms. The summed E-state index contributed by atoms with van der Waals surface area (Å²) in [5, 5.41) is 17.0. The maximum atomic E-state index is 10.3. The first-order valence-electron chi connectivity index (χ1n) is 9.66. The summed E-state index contributed by atoms with van der Waals surface area (Å²) in [7, 11) is 1.76. The topological polar surface area (TPSA) is 75.1 Å². The molecule has 1 aliphatic heterocycles. The second kappa shape index (κ2) is 9.24. The number of hydrogen-bond acceptors (Lipinski definition) is 4. The minimum Gasteiger partial charge on any atom is -0.508 e. The van der Waals surface area contributed by atoms with E-state index in [9.17, 15) is 5.11 Å². The van der Waals surface area contributed by atoms with Gasteiger partial charge in [-0.2, -0.15) is 0 Å². The van der Waals surface area contributed by atoms with E-state index in [0.29, 0.717) is 25.5 Å². The van der Waals surface area contributed by atoms with E-state index in [0.717, 1.165) is 37.4 Å². The summed E-state index contributed by atoms with van der Waals surface area (Å²) in [4.78, 5) is 4.30. The summed E-state index contributed by atoms with van der Waals surface area (Å²) in [6.45, 7) is 4.74.